The zero-order chi connectivity index (χ0) is 82.8. The minimum absolute atomic E-state index is 0.0473. The van der Waals surface area contributed by atoms with Crippen LogP contribution in [0.3, 0.4) is 0 Å². The second kappa shape index (κ2) is 64.4. The summed E-state index contributed by atoms with van der Waals surface area (Å²) in [6.07, 6.45) is 76.6. The summed E-state index contributed by atoms with van der Waals surface area (Å²) in [5, 5.41) is 39.3. The van der Waals surface area contributed by atoms with E-state index in [4.69, 9.17) is 13.8 Å². The van der Waals surface area contributed by atoms with E-state index < -0.39 is 45.1 Å². The molecule has 9 nitrogen and oxygen atoms in total. The van der Waals surface area contributed by atoms with Crippen LogP contribution in [0.4, 0.5) is 0 Å². The maximum atomic E-state index is 12.5. The third-order valence-corrected chi connectivity index (χ3v) is 22.7. The van der Waals surface area contributed by atoms with E-state index in [1.54, 1.807) is 0 Å². The molecule has 1 rings (SSSR count). The fourth-order valence-corrected chi connectivity index (χ4v) is 14.3. The highest BCUT2D eigenvalue weighted by atomic mass is 31.2. The number of hydrogen-bond donors (Lipinski definition) is 5. The highest BCUT2D eigenvalue weighted by Gasteiger charge is 2.47. The topological polar surface area (TPSA) is 146 Å². The number of aliphatic hydroxyl groups is 4. The third-order valence-electron chi connectivity index (χ3n) is 21.7. The van der Waals surface area contributed by atoms with E-state index in [0.717, 1.165) is 205 Å². The van der Waals surface area contributed by atoms with Gasteiger partial charge in [0.15, 0.2) is 6.29 Å². The molecular weight excluding hydrogens is 1390 g/mol. The normalized spacial score (nSPS) is 19.8. The van der Waals surface area contributed by atoms with Crippen LogP contribution in [0, 0.1) is 5.92 Å². The minimum atomic E-state index is -4.64. The van der Waals surface area contributed by atoms with Crippen molar-refractivity contribution in [2.24, 2.45) is 5.92 Å². The molecule has 10 heteroatoms. The summed E-state index contributed by atoms with van der Waals surface area (Å²) < 4.78 is 27.6. The van der Waals surface area contributed by atoms with Gasteiger partial charge in [0.25, 0.3) is 0 Å². The number of allylic oxidation sites excluding steroid dienone is 36. The van der Waals surface area contributed by atoms with Gasteiger partial charge >= 0.3 is 7.82 Å². The van der Waals surface area contributed by atoms with Crippen LogP contribution in [0.5, 0.6) is 0 Å². The van der Waals surface area contributed by atoms with Gasteiger partial charge in [0, 0.05) is 0 Å². The average Bonchev–Trinajstić information content (AvgIpc) is 0.808. The molecule has 0 aliphatic carbocycles. The third kappa shape index (κ3) is 59.5. The lowest BCUT2D eigenvalue weighted by Crippen LogP contribution is -2.58. The van der Waals surface area contributed by atoms with E-state index in [1.165, 1.54) is 126 Å². The van der Waals surface area contributed by atoms with Crippen LogP contribution in [0.2, 0.25) is 0 Å². The largest absolute Gasteiger partial charge is 0.474 e. The Morgan fingerprint density at radius 3 is 0.676 bits per heavy atom. The Kier molecular flexibility index (Phi) is 60.5. The number of aliphatic hydroxyl groups excluding tert-OH is 4. The van der Waals surface area contributed by atoms with Gasteiger partial charge < -0.3 is 30.1 Å². The van der Waals surface area contributed by atoms with Crippen molar-refractivity contribution in [3.63, 3.8) is 0 Å². The fraction of sp³-hybridized carbons (Fsp3) is 0.644. The average molecular weight is 1560 g/mol. The van der Waals surface area contributed by atoms with Gasteiger partial charge in [-0.15, -0.1) is 0 Å². The first-order valence-corrected chi connectivity index (χ1v) is 45.0. The highest BCUT2D eigenvalue weighted by molar-refractivity contribution is 7.47. The van der Waals surface area contributed by atoms with Crippen LogP contribution in [0.25, 0.3) is 0 Å². The van der Waals surface area contributed by atoms with E-state index in [1.807, 2.05) is 0 Å². The molecule has 5 N–H and O–H groups in total. The molecule has 0 aromatic heterocycles. The van der Waals surface area contributed by atoms with Gasteiger partial charge in [-0.1, -0.05) is 217 Å². The zero-order valence-corrected chi connectivity index (χ0v) is 75.6. The first kappa shape index (κ1) is 104. The van der Waals surface area contributed by atoms with E-state index in [-0.39, 0.29) is 12.5 Å². The maximum Gasteiger partial charge on any atom is 0.474 e. The van der Waals surface area contributed by atoms with Crippen LogP contribution >= 0.6 is 7.82 Å². The summed E-state index contributed by atoms with van der Waals surface area (Å²) in [5.74, 6) is 0.224. The predicted octanol–water partition coefficient (Wildman–Crippen LogP) is 30.0. The Morgan fingerprint density at radius 1 is 0.297 bits per heavy atom. The molecule has 111 heavy (non-hydrogen) atoms. The Morgan fingerprint density at radius 2 is 0.486 bits per heavy atom. The second-order valence-corrected chi connectivity index (χ2v) is 35.3. The van der Waals surface area contributed by atoms with Crippen molar-refractivity contribution < 1.29 is 43.7 Å². The van der Waals surface area contributed by atoms with Crippen LogP contribution < -0.4 is 0 Å². The molecule has 2 unspecified atom stereocenters. The first-order chi connectivity index (χ1) is 52.8. The van der Waals surface area contributed by atoms with Crippen molar-refractivity contribution in [2.75, 3.05) is 13.2 Å². The molecule has 7 atom stereocenters. The van der Waals surface area contributed by atoms with Gasteiger partial charge in [-0.2, -0.15) is 0 Å². The van der Waals surface area contributed by atoms with E-state index >= 15 is 0 Å². The van der Waals surface area contributed by atoms with Crippen molar-refractivity contribution in [3.8, 4) is 0 Å². The molecule has 1 saturated heterocycles. The lowest BCUT2D eigenvalue weighted by atomic mass is 10.00. The van der Waals surface area contributed by atoms with E-state index in [9.17, 15) is 29.9 Å². The number of phosphoric acid groups is 1. The van der Waals surface area contributed by atoms with Crippen molar-refractivity contribution in [1.29, 1.82) is 0 Å². The van der Waals surface area contributed by atoms with Gasteiger partial charge in [0.1, 0.15) is 24.4 Å². The molecule has 1 fully saturated rings. The number of rotatable bonds is 61. The molecule has 0 amide bonds. The summed E-state index contributed by atoms with van der Waals surface area (Å²) >= 11 is 0. The Labute approximate surface area is 683 Å². The summed E-state index contributed by atoms with van der Waals surface area (Å²) in [7, 11) is -4.64. The molecule has 1 aliphatic heterocycles. The molecular formula is C101H167O9P. The van der Waals surface area contributed by atoms with Gasteiger partial charge in [-0.3, -0.25) is 9.05 Å². The van der Waals surface area contributed by atoms with Crippen molar-refractivity contribution >= 4 is 7.82 Å². The van der Waals surface area contributed by atoms with Crippen molar-refractivity contribution in [1.82, 2.24) is 0 Å². The van der Waals surface area contributed by atoms with E-state index in [2.05, 4.69) is 248 Å². The quantitative estimate of drug-likeness (QED) is 0.0297. The Hall–Kier alpha value is -4.77. The van der Waals surface area contributed by atoms with E-state index in [0.29, 0.717) is 6.42 Å². The summed E-state index contributed by atoms with van der Waals surface area (Å²) in [4.78, 5) is 10.2. The maximum absolute atomic E-state index is 12.5. The standard InChI is InChI=1S/C101H167O9P/c1-78(2)39-21-40-79(3)41-22-42-80(4)43-23-44-81(5)45-24-46-82(6)47-25-48-83(7)49-26-50-84(8)51-27-52-85(9)53-28-54-86(10)55-29-56-87(11)57-30-58-88(12)59-31-60-89(13)61-32-62-90(14)63-33-64-91(15)65-34-66-92(16)67-35-68-93(17)69-36-70-94(18)71-37-72-95(19)73-38-74-96(20)75-76-108-111(106,107)110-101-100(105)99(104)98(103)97(77-102)109-101/h39,41,43,45,47,49,51,53,55,57,59,61,63,65,67,69,71,73,96-105H,21-38,40,42,44,46,48,50,52,54,56,58,60,62,64,66,68,70,72,74-77H2,1-20H3,(H,106,107)/b79-41+,80-43+,81-45+,82-47+,83-49+,84-51+,85-53+,86-55+,87-57+,88-59+,89-61+,90-63+,91-65+,92-67+,93-69+,94-71+,95-73+/t96?,97-,98-,99+,100+,101+/m1/s1. The second-order valence-electron chi connectivity index (χ2n) is 33.9. The lowest BCUT2D eigenvalue weighted by molar-refractivity contribution is -0.281. The molecule has 1 heterocycles. The molecule has 0 saturated carbocycles. The fourth-order valence-electron chi connectivity index (χ4n) is 13.5. The van der Waals surface area contributed by atoms with Gasteiger partial charge in [-0.05, 0) is 375 Å². The molecule has 0 spiro atoms. The van der Waals surface area contributed by atoms with Crippen molar-refractivity contribution in [3.05, 3.63) is 210 Å². The van der Waals surface area contributed by atoms with Gasteiger partial charge in [0.2, 0.25) is 0 Å². The molecule has 0 radical (unpaired) electrons. The molecule has 0 aromatic rings. The molecule has 0 aromatic carbocycles. The molecule has 1 aliphatic rings. The van der Waals surface area contributed by atoms with Crippen LogP contribution in [0.1, 0.15) is 376 Å². The monoisotopic (exact) mass is 1560 g/mol. The molecule has 630 valence electrons. The number of ether oxygens (including phenoxy) is 1. The highest BCUT2D eigenvalue weighted by Crippen LogP contribution is 2.47. The Bertz CT molecular complexity index is 3250. The molecule has 0 bridgehead atoms. The summed E-state index contributed by atoms with van der Waals surface area (Å²) in [6.45, 7) is 44.6. The number of phosphoric ester groups is 1. The minimum Gasteiger partial charge on any atom is -0.394 e. The lowest BCUT2D eigenvalue weighted by Gasteiger charge is -2.39. The summed E-state index contributed by atoms with van der Waals surface area (Å²) in [5.41, 5.74) is 26.9. The van der Waals surface area contributed by atoms with Gasteiger partial charge in [0.05, 0.1) is 13.2 Å². The zero-order valence-electron chi connectivity index (χ0n) is 74.7. The Balaban J connectivity index is 2.23. The predicted molar refractivity (Wildman–Crippen MR) is 484 cm³/mol. The number of hydrogen-bond acceptors (Lipinski definition) is 8. The van der Waals surface area contributed by atoms with Crippen molar-refractivity contribution in [2.45, 2.75) is 407 Å². The first-order valence-electron chi connectivity index (χ1n) is 43.5. The summed E-state index contributed by atoms with van der Waals surface area (Å²) in [6, 6.07) is 0. The van der Waals surface area contributed by atoms with Gasteiger partial charge in [-0.25, -0.2) is 4.57 Å². The van der Waals surface area contributed by atoms with Crippen LogP contribution in [-0.2, 0) is 18.3 Å². The van der Waals surface area contributed by atoms with Crippen LogP contribution in [0.15, 0.2) is 210 Å². The SMILES string of the molecule is CC(C)=CCC/C(C)=C/CC/C(C)=C/CC/C(C)=C/CC/C(C)=C/CC/C(C)=C/CC/C(C)=C/CC/C(C)=C/CC/C(C)=C/CC/C(C)=C/CC/C(C)=C/CC/C(C)=C/CC/C(C)=C/CC/C(C)=C/CC/C(C)=C/CC/C(C)=C/CC/C(C)=C/CC/C(C)=C/CCC(C)CCOP(=O)(O)O[C@@H]1O[C@H](CO)[C@@H](O)[C@H](O)[C@@H]1O. The van der Waals surface area contributed by atoms with Crippen LogP contribution in [-0.4, -0.2) is 69.2 Å². The smallest absolute Gasteiger partial charge is 0.394 e.